The van der Waals surface area contributed by atoms with Crippen LogP contribution in [0, 0.1) is 0 Å². The standard InChI is InChI=1S/C52H69N9O12/c1-6-8-18-37(57-48(69)40(61-51(72)73-52(3,4)5)26-32-21-23-34(62)24-22-32)46(67)55-30-43(63)56-41(27-33-29-54-36-20-14-13-17-35(33)36)49(70)58-38(19-9-7-2)47(68)60-42(28-44(64)65)50(71)59-39(45(53)66)25-31-15-11-10-12-16-31/h10-17,20-24,29,37-42,54,62H,6-9,18-19,25-28,30H2,1-5H3,(H2,53,66)(H,55,67)(H,56,63)(H,57,69)(H,58,70)(H,59,71)(H,60,68)(H,61,72)(H,64,65)/t37-,38-,39-,40-,41-,42-/m0/s1. The monoisotopic (exact) mass is 1010 g/mol. The van der Waals surface area contributed by atoms with Crippen LogP contribution in [0.25, 0.3) is 10.9 Å². The number of nitrogens with two attached hydrogens (primary N) is 1. The van der Waals surface area contributed by atoms with Crippen LogP contribution in [0.3, 0.4) is 0 Å². The number of carboxylic acids is 1. The van der Waals surface area contributed by atoms with Gasteiger partial charge < -0.3 is 62.9 Å². The molecule has 1 aromatic heterocycles. The number of carboxylic acid groups (broad SMARTS) is 1. The maximum Gasteiger partial charge on any atom is 0.408 e. The van der Waals surface area contributed by atoms with E-state index in [0.717, 1.165) is 10.9 Å². The Bertz CT molecular complexity index is 2530. The van der Waals surface area contributed by atoms with Crippen LogP contribution in [0.2, 0.25) is 0 Å². The number of phenolic OH excluding ortho intramolecular Hbond substituents is 1. The number of fused-ring (bicyclic) bond motifs is 1. The molecule has 0 fully saturated rings. The highest BCUT2D eigenvalue weighted by atomic mass is 16.6. The van der Waals surface area contributed by atoms with E-state index in [1.54, 1.807) is 75.5 Å². The summed E-state index contributed by atoms with van der Waals surface area (Å²) in [6.07, 6.45) is 2.12. The Morgan fingerprint density at radius 1 is 0.603 bits per heavy atom. The second kappa shape index (κ2) is 28.2. The van der Waals surface area contributed by atoms with Crippen molar-refractivity contribution in [2.24, 2.45) is 5.73 Å². The zero-order valence-electron chi connectivity index (χ0n) is 41.9. The van der Waals surface area contributed by atoms with Crippen molar-refractivity contribution in [3.8, 4) is 5.75 Å². The number of para-hydroxylation sites is 1. The highest BCUT2D eigenvalue weighted by Crippen LogP contribution is 2.20. The van der Waals surface area contributed by atoms with E-state index in [-0.39, 0.29) is 37.9 Å². The Hall–Kier alpha value is -7.97. The first-order valence-corrected chi connectivity index (χ1v) is 24.3. The number of unbranched alkanes of at least 4 members (excludes halogenated alkanes) is 2. The largest absolute Gasteiger partial charge is 0.508 e. The number of amides is 8. The summed E-state index contributed by atoms with van der Waals surface area (Å²) in [5.74, 6) is -7.30. The van der Waals surface area contributed by atoms with Crippen molar-refractivity contribution in [1.82, 2.24) is 42.2 Å². The highest BCUT2D eigenvalue weighted by Gasteiger charge is 2.34. The molecule has 394 valence electrons. The number of alkyl carbamates (subject to hydrolysis) is 1. The number of rotatable bonds is 28. The Morgan fingerprint density at radius 3 is 1.70 bits per heavy atom. The first-order valence-electron chi connectivity index (χ1n) is 24.3. The molecule has 0 aliphatic carbocycles. The summed E-state index contributed by atoms with van der Waals surface area (Å²) < 4.78 is 5.39. The number of phenols is 1. The van der Waals surface area contributed by atoms with Crippen molar-refractivity contribution in [3.63, 3.8) is 0 Å². The molecule has 1 heterocycles. The topological polar surface area (TPSA) is 329 Å². The van der Waals surface area contributed by atoms with Gasteiger partial charge in [-0.3, -0.25) is 38.4 Å². The fourth-order valence-electron chi connectivity index (χ4n) is 7.69. The molecular weight excluding hydrogens is 943 g/mol. The van der Waals surface area contributed by atoms with E-state index in [1.165, 1.54) is 12.1 Å². The average Bonchev–Trinajstić information content (AvgIpc) is 3.74. The number of H-pyrrole nitrogens is 1. The molecule has 0 bridgehead atoms. The quantitative estimate of drug-likeness (QED) is 0.0391. The summed E-state index contributed by atoms with van der Waals surface area (Å²) >= 11 is 0. The van der Waals surface area contributed by atoms with E-state index in [4.69, 9.17) is 10.5 Å². The van der Waals surface area contributed by atoms with Gasteiger partial charge >= 0.3 is 12.1 Å². The lowest BCUT2D eigenvalue weighted by Crippen LogP contribution is -2.59. The minimum absolute atomic E-state index is 0.00205. The smallest absolute Gasteiger partial charge is 0.408 e. The Labute approximate surface area is 423 Å². The third-order valence-electron chi connectivity index (χ3n) is 11.5. The zero-order chi connectivity index (χ0) is 53.7. The highest BCUT2D eigenvalue weighted by molar-refractivity contribution is 5.98. The van der Waals surface area contributed by atoms with Gasteiger partial charge in [0.25, 0.3) is 0 Å². The Kier molecular flexibility index (Phi) is 22.2. The molecule has 21 heteroatoms. The molecular formula is C52H69N9O12. The van der Waals surface area contributed by atoms with Crippen LogP contribution in [0.4, 0.5) is 4.79 Å². The van der Waals surface area contributed by atoms with E-state index in [0.29, 0.717) is 42.4 Å². The molecule has 0 saturated heterocycles. The summed E-state index contributed by atoms with van der Waals surface area (Å²) in [5, 5.41) is 38.3. The molecule has 21 nitrogen and oxygen atoms in total. The number of aliphatic carboxylic acids is 1. The van der Waals surface area contributed by atoms with Crippen LogP contribution in [-0.4, -0.2) is 117 Å². The lowest BCUT2D eigenvalue weighted by molar-refractivity contribution is -0.141. The number of benzene rings is 3. The van der Waals surface area contributed by atoms with Crippen molar-refractivity contribution in [3.05, 3.63) is 102 Å². The molecule has 4 aromatic rings. The van der Waals surface area contributed by atoms with Crippen LogP contribution in [-0.2, 0) is 62.4 Å². The zero-order valence-corrected chi connectivity index (χ0v) is 41.9. The lowest BCUT2D eigenvalue weighted by Gasteiger charge is -2.26. The molecule has 0 radical (unpaired) electrons. The van der Waals surface area contributed by atoms with Crippen molar-refractivity contribution in [2.45, 2.75) is 141 Å². The predicted octanol–water partition coefficient (Wildman–Crippen LogP) is 2.68. The van der Waals surface area contributed by atoms with E-state index in [1.807, 2.05) is 32.0 Å². The Balaban J connectivity index is 1.52. The average molecular weight is 1010 g/mol. The fourth-order valence-corrected chi connectivity index (χ4v) is 7.69. The van der Waals surface area contributed by atoms with Crippen LogP contribution in [0.1, 0.15) is 96.3 Å². The SMILES string of the molecule is CCCC[C@H](NC(=O)[C@H](Cc1ccc(O)cc1)NC(=O)OC(C)(C)C)C(=O)NCC(=O)N[C@@H](Cc1c[nH]c2ccccc12)C(=O)N[C@@H](CCCC)C(=O)N[C@@H](CC(=O)O)C(=O)N[C@@H](Cc1ccccc1)C(N)=O. The van der Waals surface area contributed by atoms with Gasteiger partial charge in [0.15, 0.2) is 0 Å². The van der Waals surface area contributed by atoms with Crippen molar-refractivity contribution in [1.29, 1.82) is 0 Å². The second-order valence-corrected chi connectivity index (χ2v) is 18.7. The third kappa shape index (κ3) is 19.6. The van der Waals surface area contributed by atoms with Crippen molar-refractivity contribution < 1.29 is 58.1 Å². The maximum absolute atomic E-state index is 14.3. The van der Waals surface area contributed by atoms with Crippen molar-refractivity contribution in [2.75, 3.05) is 6.54 Å². The molecule has 73 heavy (non-hydrogen) atoms. The molecule has 3 aromatic carbocycles. The van der Waals surface area contributed by atoms with Crippen LogP contribution >= 0.6 is 0 Å². The van der Waals surface area contributed by atoms with Gasteiger partial charge in [0, 0.05) is 36.4 Å². The van der Waals surface area contributed by atoms with Gasteiger partial charge in [-0.25, -0.2) is 4.79 Å². The minimum atomic E-state index is -1.69. The van der Waals surface area contributed by atoms with Gasteiger partial charge in [0.2, 0.25) is 41.4 Å². The summed E-state index contributed by atoms with van der Waals surface area (Å²) in [5.41, 5.74) is 7.31. The van der Waals surface area contributed by atoms with Gasteiger partial charge in [-0.05, 0) is 68.5 Å². The number of hydrogen-bond acceptors (Lipinski definition) is 11. The summed E-state index contributed by atoms with van der Waals surface area (Å²) in [6, 6.07) is 13.9. The number of primary amides is 1. The number of ether oxygens (including phenoxy) is 1. The molecule has 0 spiro atoms. The lowest BCUT2D eigenvalue weighted by atomic mass is 10.0. The van der Waals surface area contributed by atoms with Crippen LogP contribution in [0.15, 0.2) is 85.1 Å². The molecule has 0 saturated carbocycles. The van der Waals surface area contributed by atoms with Gasteiger partial charge in [0.1, 0.15) is 47.6 Å². The molecule has 0 aliphatic heterocycles. The maximum atomic E-state index is 14.3. The van der Waals surface area contributed by atoms with Gasteiger partial charge in [0.05, 0.1) is 13.0 Å². The van der Waals surface area contributed by atoms with E-state index in [9.17, 15) is 53.4 Å². The van der Waals surface area contributed by atoms with Gasteiger partial charge in [-0.15, -0.1) is 0 Å². The molecule has 6 atom stereocenters. The third-order valence-corrected chi connectivity index (χ3v) is 11.5. The number of hydrogen-bond donors (Lipinski definition) is 11. The first-order chi connectivity index (χ1) is 34.7. The van der Waals surface area contributed by atoms with Crippen LogP contribution < -0.4 is 43.0 Å². The number of carbonyl (C=O) groups excluding carboxylic acids is 8. The molecule has 0 unspecified atom stereocenters. The number of aromatic amines is 1. The summed E-state index contributed by atoms with van der Waals surface area (Å²) in [4.78, 5) is 124. The van der Waals surface area contributed by atoms with Crippen molar-refractivity contribution >= 4 is 64.3 Å². The molecule has 8 amide bonds. The van der Waals surface area contributed by atoms with E-state index < -0.39 is 108 Å². The summed E-state index contributed by atoms with van der Waals surface area (Å²) in [6.45, 7) is 8.06. The Morgan fingerprint density at radius 2 is 1.11 bits per heavy atom. The van der Waals surface area contributed by atoms with Gasteiger partial charge in [-0.1, -0.05) is 100 Å². The number of aromatic nitrogens is 1. The fraction of sp³-hybridized carbons (Fsp3) is 0.442. The number of nitrogens with one attached hydrogen (secondary N) is 8. The summed E-state index contributed by atoms with van der Waals surface area (Å²) in [7, 11) is 0. The molecule has 0 aliphatic rings. The van der Waals surface area contributed by atoms with Gasteiger partial charge in [-0.2, -0.15) is 0 Å². The number of aromatic hydroxyl groups is 1. The minimum Gasteiger partial charge on any atom is -0.508 e. The number of carbonyl (C=O) groups is 9. The second-order valence-electron chi connectivity index (χ2n) is 18.7. The first kappa shape index (κ1) is 57.6. The molecule has 4 rings (SSSR count). The predicted molar refractivity (Wildman–Crippen MR) is 270 cm³/mol. The van der Waals surface area contributed by atoms with E-state index >= 15 is 0 Å². The van der Waals surface area contributed by atoms with E-state index in [2.05, 4.69) is 42.2 Å². The molecule has 12 N–H and O–H groups in total. The van der Waals surface area contributed by atoms with Crippen LogP contribution in [0.5, 0.6) is 5.75 Å². The normalized spacial score (nSPS) is 13.7.